The maximum atomic E-state index is 15.4. The maximum Gasteiger partial charge on any atom is 0.427 e. The second-order valence-corrected chi connectivity index (χ2v) is 13.0. The molecule has 46 heavy (non-hydrogen) atoms. The van der Waals surface area contributed by atoms with Crippen LogP contribution in [0.4, 0.5) is 35.1 Å². The van der Waals surface area contributed by atoms with Crippen LogP contribution in [-0.4, -0.2) is 6.61 Å². The number of rotatable bonds is 12. The first-order valence-corrected chi connectivity index (χ1v) is 16.4. The van der Waals surface area contributed by atoms with E-state index >= 15 is 8.78 Å². The lowest BCUT2D eigenvalue weighted by Gasteiger charge is -2.38. The molecule has 2 aliphatic rings. The van der Waals surface area contributed by atoms with Crippen LogP contribution in [0.15, 0.2) is 43.0 Å². The Bertz CT molecular complexity index is 1280. The molecule has 2 aliphatic carbocycles. The highest BCUT2D eigenvalue weighted by Gasteiger charge is 2.53. The fourth-order valence-electron chi connectivity index (χ4n) is 7.54. The highest BCUT2D eigenvalue weighted by Crippen LogP contribution is 2.51. The molecule has 0 atom stereocenters. The van der Waals surface area contributed by atoms with Gasteiger partial charge in [0.25, 0.3) is 0 Å². The SMILES string of the molecule is C=CCCC1CCC(C2CCC(CCc3ccc(OC(F)(F)c4c(C)cc(OCC)c(C(F)(F)F)c4C(F)(F)F)cc3)CC2)CC1. The first-order chi connectivity index (χ1) is 21.6. The van der Waals surface area contributed by atoms with E-state index in [9.17, 15) is 26.3 Å². The zero-order chi connectivity index (χ0) is 33.7. The number of aryl methyl sites for hydroxylation is 2. The van der Waals surface area contributed by atoms with Gasteiger partial charge in [-0.2, -0.15) is 35.1 Å². The molecule has 0 bridgehead atoms. The molecule has 0 aliphatic heterocycles. The molecule has 0 N–H and O–H groups in total. The molecule has 256 valence electrons. The lowest BCUT2D eigenvalue weighted by atomic mass is 9.68. The van der Waals surface area contributed by atoms with Crippen LogP contribution < -0.4 is 9.47 Å². The van der Waals surface area contributed by atoms with Crippen LogP contribution in [-0.2, 0) is 24.9 Å². The molecule has 0 amide bonds. The van der Waals surface area contributed by atoms with E-state index in [0.29, 0.717) is 18.4 Å². The minimum Gasteiger partial charge on any atom is -0.493 e. The van der Waals surface area contributed by atoms with Crippen molar-refractivity contribution in [1.82, 2.24) is 0 Å². The molecule has 0 radical (unpaired) electrons. The molecular formula is C36H44F8O2. The Morgan fingerprint density at radius 1 is 0.739 bits per heavy atom. The fraction of sp³-hybridized carbons (Fsp3) is 0.611. The Kier molecular flexibility index (Phi) is 11.7. The number of alkyl halides is 8. The van der Waals surface area contributed by atoms with Crippen molar-refractivity contribution >= 4 is 0 Å². The summed E-state index contributed by atoms with van der Waals surface area (Å²) in [5.74, 6) is 1.41. The molecule has 4 rings (SSSR count). The topological polar surface area (TPSA) is 18.5 Å². The lowest BCUT2D eigenvalue weighted by molar-refractivity contribution is -0.198. The van der Waals surface area contributed by atoms with Crippen LogP contribution in [0.1, 0.15) is 105 Å². The fourth-order valence-corrected chi connectivity index (χ4v) is 7.54. The summed E-state index contributed by atoms with van der Waals surface area (Å²) in [4.78, 5) is 0. The minimum atomic E-state index is -5.77. The van der Waals surface area contributed by atoms with E-state index in [1.807, 2.05) is 6.08 Å². The van der Waals surface area contributed by atoms with Gasteiger partial charge in [-0.05, 0) is 118 Å². The third-order valence-corrected chi connectivity index (χ3v) is 9.89. The van der Waals surface area contributed by atoms with Crippen molar-refractivity contribution < 1.29 is 44.6 Å². The highest BCUT2D eigenvalue weighted by atomic mass is 19.4. The van der Waals surface area contributed by atoms with Crippen LogP contribution >= 0.6 is 0 Å². The quantitative estimate of drug-likeness (QED) is 0.167. The van der Waals surface area contributed by atoms with Gasteiger partial charge in [-0.1, -0.05) is 43.9 Å². The molecule has 0 saturated heterocycles. The first-order valence-electron chi connectivity index (χ1n) is 16.4. The van der Waals surface area contributed by atoms with Gasteiger partial charge < -0.3 is 9.47 Å². The van der Waals surface area contributed by atoms with Gasteiger partial charge in [0.15, 0.2) is 0 Å². The van der Waals surface area contributed by atoms with Gasteiger partial charge in [0.05, 0.1) is 17.7 Å². The van der Waals surface area contributed by atoms with Gasteiger partial charge in [-0.15, -0.1) is 6.58 Å². The molecule has 0 heterocycles. The molecule has 2 aromatic carbocycles. The van der Waals surface area contributed by atoms with Crippen molar-refractivity contribution in [3.05, 3.63) is 70.8 Å². The molecule has 0 unspecified atom stereocenters. The summed E-state index contributed by atoms with van der Waals surface area (Å²) in [6.07, 6.45) is 0.00135. The van der Waals surface area contributed by atoms with E-state index in [0.717, 1.165) is 55.9 Å². The summed E-state index contributed by atoms with van der Waals surface area (Å²) in [5.41, 5.74) is -6.59. The van der Waals surface area contributed by atoms with Gasteiger partial charge >= 0.3 is 18.5 Å². The smallest absolute Gasteiger partial charge is 0.427 e. The molecule has 2 fully saturated rings. The molecular weight excluding hydrogens is 616 g/mol. The van der Waals surface area contributed by atoms with Crippen molar-refractivity contribution in [1.29, 1.82) is 0 Å². The Morgan fingerprint density at radius 3 is 1.74 bits per heavy atom. The van der Waals surface area contributed by atoms with E-state index in [1.54, 1.807) is 12.1 Å². The van der Waals surface area contributed by atoms with E-state index in [2.05, 4.69) is 11.3 Å². The third kappa shape index (κ3) is 8.97. The van der Waals surface area contributed by atoms with Crippen molar-refractivity contribution in [3.63, 3.8) is 0 Å². The number of halogens is 8. The van der Waals surface area contributed by atoms with Crippen LogP contribution in [0.25, 0.3) is 0 Å². The summed E-state index contributed by atoms with van der Waals surface area (Å²) in [6, 6.07) is 6.11. The van der Waals surface area contributed by atoms with E-state index in [4.69, 9.17) is 4.74 Å². The standard InChI is InChI=1S/C36H44F8O2/c1-4-6-7-24-10-16-27(17-11-24)28-18-12-25(13-19-28)8-9-26-14-20-29(21-15-26)46-36(43,44)31-23(3)22-30(45-5-2)32(34(37,38)39)33(31)35(40,41)42/h4,14-15,20-22,24-25,27-28H,1,5-13,16-19H2,2-3H3. The Hall–Kier alpha value is -2.78. The van der Waals surface area contributed by atoms with Crippen LogP contribution in [0, 0.1) is 30.6 Å². The Balaban J connectivity index is 1.37. The number of hydrogen-bond donors (Lipinski definition) is 0. The highest BCUT2D eigenvalue weighted by molar-refractivity contribution is 5.54. The molecule has 2 saturated carbocycles. The van der Waals surface area contributed by atoms with Crippen LogP contribution in [0.2, 0.25) is 0 Å². The average Bonchev–Trinajstić information content (AvgIpc) is 2.98. The summed E-state index contributed by atoms with van der Waals surface area (Å²) in [6.45, 7) is 5.59. The van der Waals surface area contributed by atoms with Crippen molar-refractivity contribution in [2.24, 2.45) is 23.7 Å². The Labute approximate surface area is 266 Å². The molecule has 10 heteroatoms. The molecule has 0 aromatic heterocycles. The van der Waals surface area contributed by atoms with E-state index in [1.165, 1.54) is 64.0 Å². The Morgan fingerprint density at radius 2 is 1.26 bits per heavy atom. The zero-order valence-electron chi connectivity index (χ0n) is 26.5. The van der Waals surface area contributed by atoms with E-state index < -0.39 is 58.8 Å². The number of benzene rings is 2. The first kappa shape index (κ1) is 36.1. The summed E-state index contributed by atoms with van der Waals surface area (Å²) in [7, 11) is 0. The summed E-state index contributed by atoms with van der Waals surface area (Å²) in [5, 5.41) is 0. The predicted molar refractivity (Wildman–Crippen MR) is 162 cm³/mol. The van der Waals surface area contributed by atoms with Gasteiger partial charge in [0.2, 0.25) is 0 Å². The zero-order valence-corrected chi connectivity index (χ0v) is 26.5. The van der Waals surface area contributed by atoms with E-state index in [-0.39, 0.29) is 0 Å². The number of hydrogen-bond acceptors (Lipinski definition) is 2. The number of ether oxygens (including phenoxy) is 2. The van der Waals surface area contributed by atoms with Gasteiger partial charge in [0.1, 0.15) is 17.1 Å². The second-order valence-electron chi connectivity index (χ2n) is 13.0. The average molecular weight is 661 g/mol. The van der Waals surface area contributed by atoms with Gasteiger partial charge in [-0.25, -0.2) is 0 Å². The number of allylic oxidation sites excluding steroid dienone is 1. The molecule has 2 aromatic rings. The van der Waals surface area contributed by atoms with Crippen LogP contribution in [0.5, 0.6) is 11.5 Å². The van der Waals surface area contributed by atoms with Crippen LogP contribution in [0.3, 0.4) is 0 Å². The third-order valence-electron chi connectivity index (χ3n) is 9.89. The van der Waals surface area contributed by atoms with Crippen molar-refractivity contribution in [2.45, 2.75) is 109 Å². The summed E-state index contributed by atoms with van der Waals surface area (Å²) < 4.78 is 124. The maximum absolute atomic E-state index is 15.4. The molecule has 2 nitrogen and oxygen atoms in total. The van der Waals surface area contributed by atoms with Gasteiger partial charge in [0, 0.05) is 0 Å². The minimum absolute atomic E-state index is 0.391. The van der Waals surface area contributed by atoms with Crippen molar-refractivity contribution in [2.75, 3.05) is 6.61 Å². The summed E-state index contributed by atoms with van der Waals surface area (Å²) >= 11 is 0. The predicted octanol–water partition coefficient (Wildman–Crippen LogP) is 12.1. The normalized spacial score (nSPS) is 22.8. The molecule has 0 spiro atoms. The largest absolute Gasteiger partial charge is 0.493 e. The van der Waals surface area contributed by atoms with Gasteiger partial charge in [-0.3, -0.25) is 0 Å². The lowest BCUT2D eigenvalue weighted by Crippen LogP contribution is -2.30. The van der Waals surface area contributed by atoms with Crippen molar-refractivity contribution in [3.8, 4) is 11.5 Å². The second kappa shape index (κ2) is 15.0. The monoisotopic (exact) mass is 660 g/mol.